The van der Waals surface area contributed by atoms with E-state index in [2.05, 4.69) is 15.4 Å². The monoisotopic (exact) mass is 590 g/mol. The van der Waals surface area contributed by atoms with Gasteiger partial charge in [0, 0.05) is 23.7 Å². The van der Waals surface area contributed by atoms with Crippen molar-refractivity contribution in [2.24, 2.45) is 0 Å². The van der Waals surface area contributed by atoms with Crippen molar-refractivity contribution in [3.8, 4) is 17.1 Å². The molecule has 12 heteroatoms. The molecule has 0 saturated heterocycles. The summed E-state index contributed by atoms with van der Waals surface area (Å²) in [6.45, 7) is 5.10. The maximum absolute atomic E-state index is 13.2. The fourth-order valence-corrected chi connectivity index (χ4v) is 5.08. The molecule has 0 bridgehead atoms. The van der Waals surface area contributed by atoms with Gasteiger partial charge in [-0.15, -0.1) is 0 Å². The minimum atomic E-state index is -0.510. The Balaban J connectivity index is 1.58. The molecule has 0 atom stereocenters. The molecule has 9 nitrogen and oxygen atoms in total. The molecule has 2 aliphatic rings. The summed E-state index contributed by atoms with van der Waals surface area (Å²) in [5.74, 6) is 0.688. The summed E-state index contributed by atoms with van der Waals surface area (Å²) in [6.07, 6.45) is 0.538. The second kappa shape index (κ2) is 12.4. The second-order valence-electron chi connectivity index (χ2n) is 9.67. The van der Waals surface area contributed by atoms with E-state index in [1.807, 2.05) is 45.0 Å². The topological polar surface area (TPSA) is 105 Å². The third-order valence-electron chi connectivity index (χ3n) is 5.94. The molecule has 2 heterocycles. The first-order valence-corrected chi connectivity index (χ1v) is 13.5. The highest BCUT2D eigenvalue weighted by Crippen LogP contribution is 2.36. The first-order valence-electron chi connectivity index (χ1n) is 12.4. The Kier molecular flexibility index (Phi) is 9.17. The molecule has 0 spiro atoms. The molecule has 39 heavy (non-hydrogen) atoms. The molecule has 0 fully saturated rings. The number of H-pyrrole nitrogens is 1. The Bertz CT molecular complexity index is 1470. The number of carbonyl (C=O) groups is 1. The quantitative estimate of drug-likeness (QED) is 0.223. The lowest BCUT2D eigenvalue weighted by Gasteiger charge is -2.12. The van der Waals surface area contributed by atoms with E-state index in [4.69, 9.17) is 44.5 Å². The lowest BCUT2D eigenvalue weighted by Crippen LogP contribution is -2.18. The number of halogens is 3. The van der Waals surface area contributed by atoms with E-state index >= 15 is 0 Å². The zero-order valence-electron chi connectivity index (χ0n) is 22.0. The van der Waals surface area contributed by atoms with Crippen LogP contribution in [0.1, 0.15) is 43.3 Å². The fourth-order valence-electron chi connectivity index (χ4n) is 4.09. The molecule has 206 valence electrons. The Morgan fingerprint density at radius 1 is 1.10 bits per heavy atom. The normalized spacial score (nSPS) is 11.5. The number of rotatable bonds is 9. The molecule has 0 aromatic heterocycles. The lowest BCUT2D eigenvalue weighted by molar-refractivity contribution is 0.156. The standard InChI is InChI=1S/C27H29Cl3N6O3/c1-15(2)23-22-25(36(34-23)24-19(29)13-17(28)14-20(24)30)32-21(33-26(22)37)12-16-6-8-18(9-7-16)31-27(38)39-11-5-10-35(3)4/h6-9,13-15,34H,5,10-12H2,1-4H3,(H,31,38). The number of hydrogen-bond donors (Lipinski definition) is 2. The van der Waals surface area contributed by atoms with E-state index in [-0.39, 0.29) is 5.92 Å². The van der Waals surface area contributed by atoms with Crippen molar-refractivity contribution >= 4 is 46.6 Å². The van der Waals surface area contributed by atoms with Gasteiger partial charge in [0.2, 0.25) is 0 Å². The van der Waals surface area contributed by atoms with Crippen molar-refractivity contribution in [1.82, 2.24) is 24.6 Å². The molecule has 0 saturated carbocycles. The molecular formula is C27H29Cl3N6O3. The van der Waals surface area contributed by atoms with E-state index < -0.39 is 11.7 Å². The van der Waals surface area contributed by atoms with Crippen molar-refractivity contribution in [3.63, 3.8) is 0 Å². The first kappa shape index (κ1) is 28.9. The average molecular weight is 592 g/mol. The molecule has 2 aliphatic heterocycles. The van der Waals surface area contributed by atoms with Gasteiger partial charge in [-0.1, -0.05) is 60.8 Å². The van der Waals surface area contributed by atoms with Gasteiger partial charge in [0.05, 0.1) is 22.3 Å². The van der Waals surface area contributed by atoms with Gasteiger partial charge in [-0.25, -0.2) is 14.5 Å². The van der Waals surface area contributed by atoms with Crippen LogP contribution < -0.4 is 10.9 Å². The van der Waals surface area contributed by atoms with Crippen LogP contribution in [-0.2, 0) is 11.2 Å². The van der Waals surface area contributed by atoms with Crippen LogP contribution in [0, 0.1) is 0 Å². The van der Waals surface area contributed by atoms with Crippen molar-refractivity contribution in [1.29, 1.82) is 0 Å². The molecule has 2 aromatic rings. The predicted octanol–water partition coefficient (Wildman–Crippen LogP) is 6.24. The van der Waals surface area contributed by atoms with Crippen molar-refractivity contribution in [2.45, 2.75) is 32.6 Å². The van der Waals surface area contributed by atoms with Gasteiger partial charge in [0.15, 0.2) is 5.82 Å². The first-order chi connectivity index (χ1) is 18.5. The van der Waals surface area contributed by atoms with Gasteiger partial charge in [-0.2, -0.15) is 4.98 Å². The van der Waals surface area contributed by atoms with Crippen LogP contribution in [0.15, 0.2) is 41.2 Å². The number of anilines is 1. The summed E-state index contributed by atoms with van der Waals surface area (Å²) in [6, 6.07) is 10.3. The third-order valence-corrected chi connectivity index (χ3v) is 6.74. The maximum Gasteiger partial charge on any atom is 0.411 e. The number of nitrogens with zero attached hydrogens (tertiary/aromatic N) is 4. The number of nitrogens with one attached hydrogen (secondary N) is 2. The molecule has 1 amide bonds. The number of benzene rings is 2. The molecule has 0 unspecified atom stereocenters. The Hall–Kier alpha value is -3.11. The second-order valence-corrected chi connectivity index (χ2v) is 10.9. The zero-order chi connectivity index (χ0) is 28.3. The Labute approximate surface area is 241 Å². The number of fused-ring (bicyclic) bond motifs is 1. The summed E-state index contributed by atoms with van der Waals surface area (Å²) in [5.41, 5.74) is 2.53. The predicted molar refractivity (Wildman–Crippen MR) is 155 cm³/mol. The van der Waals surface area contributed by atoms with E-state index in [0.29, 0.717) is 62.4 Å². The maximum atomic E-state index is 13.2. The van der Waals surface area contributed by atoms with Gasteiger partial charge in [-0.3, -0.25) is 15.2 Å². The summed E-state index contributed by atoms with van der Waals surface area (Å²) in [7, 11) is 3.93. The number of ether oxygens (including phenoxy) is 1. The minimum absolute atomic E-state index is 0.0135. The van der Waals surface area contributed by atoms with Crippen LogP contribution in [0.4, 0.5) is 10.5 Å². The summed E-state index contributed by atoms with van der Waals surface area (Å²) in [4.78, 5) is 36.2. The number of aromatic amines is 1. The fraction of sp³-hybridized carbons (Fsp3) is 0.333. The van der Waals surface area contributed by atoms with Crippen molar-refractivity contribution in [2.75, 3.05) is 32.6 Å². The Morgan fingerprint density at radius 2 is 1.77 bits per heavy atom. The summed E-state index contributed by atoms with van der Waals surface area (Å²) >= 11 is 19.1. The van der Waals surface area contributed by atoms with Crippen molar-refractivity contribution in [3.05, 3.63) is 78.9 Å². The summed E-state index contributed by atoms with van der Waals surface area (Å²) < 4.78 is 6.81. The van der Waals surface area contributed by atoms with Gasteiger partial charge in [0.1, 0.15) is 17.1 Å². The smallest absolute Gasteiger partial charge is 0.411 e. The van der Waals surface area contributed by atoms with Crippen LogP contribution in [0.3, 0.4) is 0 Å². The van der Waals surface area contributed by atoms with Gasteiger partial charge in [0.25, 0.3) is 5.56 Å². The molecule has 0 radical (unpaired) electrons. The van der Waals surface area contributed by atoms with E-state index in [1.54, 1.807) is 28.9 Å². The SMILES string of the molecule is CC(C)c1[nH]n(-c2c(Cl)cc(Cl)cc2Cl)c2nc(Cc3ccc(NC(=O)OCCCN(C)C)cc3)nc(=O)c1-2. The average Bonchev–Trinajstić information content (AvgIpc) is 3.22. The Morgan fingerprint density at radius 3 is 2.38 bits per heavy atom. The molecule has 2 aromatic carbocycles. The van der Waals surface area contributed by atoms with Crippen LogP contribution in [0.5, 0.6) is 0 Å². The van der Waals surface area contributed by atoms with Crippen LogP contribution >= 0.6 is 34.8 Å². The highest BCUT2D eigenvalue weighted by Gasteiger charge is 2.27. The number of hydrogen-bond acceptors (Lipinski definition) is 6. The largest absolute Gasteiger partial charge is 0.449 e. The number of amides is 1. The van der Waals surface area contributed by atoms with E-state index in [1.165, 1.54) is 0 Å². The van der Waals surface area contributed by atoms with Crippen molar-refractivity contribution < 1.29 is 9.53 Å². The lowest BCUT2D eigenvalue weighted by atomic mass is 10.1. The molecule has 0 aliphatic carbocycles. The summed E-state index contributed by atoms with van der Waals surface area (Å²) in [5, 5.41) is 6.96. The third kappa shape index (κ3) is 6.91. The number of aromatic nitrogens is 4. The van der Waals surface area contributed by atoms with E-state index in [9.17, 15) is 9.59 Å². The van der Waals surface area contributed by atoms with Crippen LogP contribution in [0.2, 0.25) is 15.1 Å². The van der Waals surface area contributed by atoms with Gasteiger partial charge in [-0.05, 0) is 56.3 Å². The molecular weight excluding hydrogens is 563 g/mol. The molecule has 4 rings (SSSR count). The zero-order valence-corrected chi connectivity index (χ0v) is 24.3. The van der Waals surface area contributed by atoms with Gasteiger partial charge < -0.3 is 9.64 Å². The van der Waals surface area contributed by atoms with Crippen LogP contribution in [-0.4, -0.2) is 58.0 Å². The minimum Gasteiger partial charge on any atom is -0.449 e. The highest BCUT2D eigenvalue weighted by molar-refractivity contribution is 6.40. The highest BCUT2D eigenvalue weighted by atomic mass is 35.5. The molecule has 2 N–H and O–H groups in total. The van der Waals surface area contributed by atoms with Gasteiger partial charge >= 0.3 is 6.09 Å². The van der Waals surface area contributed by atoms with E-state index in [0.717, 1.165) is 18.5 Å². The number of carbonyl (C=O) groups excluding carboxylic acids is 1. The van der Waals surface area contributed by atoms with Crippen LogP contribution in [0.25, 0.3) is 17.1 Å².